The molecule has 0 saturated carbocycles. The van der Waals surface area contributed by atoms with Crippen LogP contribution >= 0.6 is 0 Å². The van der Waals surface area contributed by atoms with Gasteiger partial charge in [-0.25, -0.2) is 0 Å². The molecule has 2 amide bonds. The zero-order chi connectivity index (χ0) is 15.4. The standard InChI is InChI=1S/C16H23N3O2/c1-12(17)8-9-15(20)18(2)14-10-11-19(16(14)21)13-6-4-3-5-7-13/h3-7,12,14H,8-11,17H2,1-2H3. The maximum atomic E-state index is 12.5. The highest BCUT2D eigenvalue weighted by molar-refractivity contribution is 6.01. The van der Waals surface area contributed by atoms with Gasteiger partial charge in [0.1, 0.15) is 6.04 Å². The molecule has 1 aliphatic heterocycles. The number of rotatable bonds is 5. The van der Waals surface area contributed by atoms with Crippen molar-refractivity contribution in [2.75, 3.05) is 18.5 Å². The van der Waals surface area contributed by atoms with Gasteiger partial charge < -0.3 is 15.5 Å². The summed E-state index contributed by atoms with van der Waals surface area (Å²) in [5.41, 5.74) is 6.56. The molecule has 0 aromatic heterocycles. The molecule has 0 spiro atoms. The molecular formula is C16H23N3O2. The molecule has 5 nitrogen and oxygen atoms in total. The van der Waals surface area contributed by atoms with Crippen LogP contribution in [0.3, 0.4) is 0 Å². The van der Waals surface area contributed by atoms with E-state index in [2.05, 4.69) is 0 Å². The predicted octanol–water partition coefficient (Wildman–Crippen LogP) is 1.38. The van der Waals surface area contributed by atoms with E-state index in [-0.39, 0.29) is 23.9 Å². The van der Waals surface area contributed by atoms with Gasteiger partial charge in [-0.05, 0) is 31.9 Å². The van der Waals surface area contributed by atoms with E-state index in [1.165, 1.54) is 0 Å². The lowest BCUT2D eigenvalue weighted by molar-refractivity contribution is -0.136. The quantitative estimate of drug-likeness (QED) is 0.890. The molecule has 2 unspecified atom stereocenters. The molecule has 1 aromatic carbocycles. The third-order valence-corrected chi connectivity index (χ3v) is 3.92. The summed E-state index contributed by atoms with van der Waals surface area (Å²) in [6.07, 6.45) is 1.71. The molecule has 2 rings (SSSR count). The Morgan fingerprint density at radius 2 is 2.10 bits per heavy atom. The van der Waals surface area contributed by atoms with Crippen LogP contribution in [0.1, 0.15) is 26.2 Å². The minimum atomic E-state index is -0.356. The van der Waals surface area contributed by atoms with Gasteiger partial charge in [0.15, 0.2) is 0 Å². The van der Waals surface area contributed by atoms with E-state index in [9.17, 15) is 9.59 Å². The van der Waals surface area contributed by atoms with Crippen LogP contribution in [-0.4, -0.2) is 42.4 Å². The summed E-state index contributed by atoms with van der Waals surface area (Å²) in [5.74, 6) is -0.0154. The number of nitrogens with two attached hydrogens (primary N) is 1. The Balaban J connectivity index is 1.99. The summed E-state index contributed by atoms with van der Waals surface area (Å²) < 4.78 is 0. The first kappa shape index (κ1) is 15.5. The van der Waals surface area contributed by atoms with Crippen LogP contribution in [0.5, 0.6) is 0 Å². The fraction of sp³-hybridized carbons (Fsp3) is 0.500. The number of amides is 2. The Kier molecular flexibility index (Phi) is 4.96. The van der Waals surface area contributed by atoms with Crippen molar-refractivity contribution in [1.82, 2.24) is 4.90 Å². The zero-order valence-corrected chi connectivity index (χ0v) is 12.7. The smallest absolute Gasteiger partial charge is 0.249 e. The Bertz CT molecular complexity index is 502. The molecule has 0 aliphatic carbocycles. The average molecular weight is 289 g/mol. The summed E-state index contributed by atoms with van der Waals surface area (Å²) in [4.78, 5) is 27.9. The number of hydrogen-bond donors (Lipinski definition) is 1. The molecule has 21 heavy (non-hydrogen) atoms. The number of likely N-dealkylation sites (N-methyl/N-ethyl adjacent to an activating group) is 1. The Morgan fingerprint density at radius 1 is 1.43 bits per heavy atom. The molecule has 2 atom stereocenters. The number of hydrogen-bond acceptors (Lipinski definition) is 3. The summed E-state index contributed by atoms with van der Waals surface area (Å²) in [5, 5.41) is 0. The third kappa shape index (κ3) is 3.61. The number of anilines is 1. The molecule has 1 saturated heterocycles. The Hall–Kier alpha value is -1.88. The van der Waals surface area contributed by atoms with Gasteiger partial charge in [0.05, 0.1) is 0 Å². The summed E-state index contributed by atoms with van der Waals surface area (Å²) in [7, 11) is 1.71. The van der Waals surface area contributed by atoms with Crippen LogP contribution in [0.15, 0.2) is 30.3 Å². The van der Waals surface area contributed by atoms with Crippen molar-refractivity contribution in [1.29, 1.82) is 0 Å². The lowest BCUT2D eigenvalue weighted by Gasteiger charge is -2.24. The van der Waals surface area contributed by atoms with E-state index < -0.39 is 0 Å². The van der Waals surface area contributed by atoms with Crippen LogP contribution < -0.4 is 10.6 Å². The van der Waals surface area contributed by atoms with Crippen molar-refractivity contribution >= 4 is 17.5 Å². The predicted molar refractivity (Wildman–Crippen MR) is 82.9 cm³/mol. The fourth-order valence-corrected chi connectivity index (χ4v) is 2.59. The number of para-hydroxylation sites is 1. The Morgan fingerprint density at radius 3 is 2.71 bits per heavy atom. The van der Waals surface area contributed by atoms with E-state index >= 15 is 0 Å². The van der Waals surface area contributed by atoms with Crippen LogP contribution in [0, 0.1) is 0 Å². The number of benzene rings is 1. The van der Waals surface area contributed by atoms with E-state index in [0.717, 1.165) is 5.69 Å². The van der Waals surface area contributed by atoms with Crippen LogP contribution in [-0.2, 0) is 9.59 Å². The van der Waals surface area contributed by atoms with Gasteiger partial charge in [0.2, 0.25) is 11.8 Å². The lowest BCUT2D eigenvalue weighted by atomic mass is 10.1. The topological polar surface area (TPSA) is 66.6 Å². The first-order valence-corrected chi connectivity index (χ1v) is 7.38. The molecule has 1 aliphatic rings. The minimum Gasteiger partial charge on any atom is -0.334 e. The van der Waals surface area contributed by atoms with Crippen LogP contribution in [0.4, 0.5) is 5.69 Å². The zero-order valence-electron chi connectivity index (χ0n) is 12.7. The SMILES string of the molecule is CC(N)CCC(=O)N(C)C1CCN(c2ccccc2)C1=O. The normalized spacial score (nSPS) is 19.7. The van der Waals surface area contributed by atoms with Crippen molar-refractivity contribution in [3.63, 3.8) is 0 Å². The van der Waals surface area contributed by atoms with Crippen LogP contribution in [0.2, 0.25) is 0 Å². The van der Waals surface area contributed by atoms with Crippen molar-refractivity contribution in [3.05, 3.63) is 30.3 Å². The second-order valence-corrected chi connectivity index (χ2v) is 5.65. The first-order valence-electron chi connectivity index (χ1n) is 7.38. The van der Waals surface area contributed by atoms with Gasteiger partial charge in [0, 0.05) is 31.7 Å². The second kappa shape index (κ2) is 6.72. The number of nitrogens with zero attached hydrogens (tertiary/aromatic N) is 2. The second-order valence-electron chi connectivity index (χ2n) is 5.65. The molecule has 5 heteroatoms. The highest BCUT2D eigenvalue weighted by atomic mass is 16.2. The molecule has 2 N–H and O–H groups in total. The molecule has 0 radical (unpaired) electrons. The average Bonchev–Trinajstić information content (AvgIpc) is 2.86. The minimum absolute atomic E-state index is 0.00199. The van der Waals surface area contributed by atoms with E-state index in [1.54, 1.807) is 16.8 Å². The fourth-order valence-electron chi connectivity index (χ4n) is 2.59. The molecule has 0 bridgehead atoms. The molecular weight excluding hydrogens is 266 g/mol. The number of carbonyl (C=O) groups excluding carboxylic acids is 2. The molecule has 1 heterocycles. The van der Waals surface area contributed by atoms with Crippen molar-refractivity contribution < 1.29 is 9.59 Å². The summed E-state index contributed by atoms with van der Waals surface area (Å²) >= 11 is 0. The maximum absolute atomic E-state index is 12.5. The molecule has 114 valence electrons. The van der Waals surface area contributed by atoms with Gasteiger partial charge in [-0.3, -0.25) is 9.59 Å². The summed E-state index contributed by atoms with van der Waals surface area (Å²) in [6.45, 7) is 2.53. The maximum Gasteiger partial charge on any atom is 0.249 e. The summed E-state index contributed by atoms with van der Waals surface area (Å²) in [6, 6.07) is 9.22. The number of carbonyl (C=O) groups is 2. The van der Waals surface area contributed by atoms with Crippen molar-refractivity contribution in [3.8, 4) is 0 Å². The lowest BCUT2D eigenvalue weighted by Crippen LogP contribution is -2.43. The van der Waals surface area contributed by atoms with Gasteiger partial charge in [-0.15, -0.1) is 0 Å². The van der Waals surface area contributed by atoms with E-state index in [0.29, 0.717) is 25.8 Å². The first-order chi connectivity index (χ1) is 10.0. The third-order valence-electron chi connectivity index (χ3n) is 3.92. The van der Waals surface area contributed by atoms with E-state index in [4.69, 9.17) is 5.73 Å². The highest BCUT2D eigenvalue weighted by Crippen LogP contribution is 2.24. The highest BCUT2D eigenvalue weighted by Gasteiger charge is 2.36. The Labute approximate surface area is 125 Å². The van der Waals surface area contributed by atoms with Gasteiger partial charge >= 0.3 is 0 Å². The molecule has 1 fully saturated rings. The van der Waals surface area contributed by atoms with E-state index in [1.807, 2.05) is 37.3 Å². The molecule has 1 aromatic rings. The van der Waals surface area contributed by atoms with Crippen molar-refractivity contribution in [2.45, 2.75) is 38.3 Å². The largest absolute Gasteiger partial charge is 0.334 e. The monoisotopic (exact) mass is 289 g/mol. The van der Waals surface area contributed by atoms with Crippen LogP contribution in [0.25, 0.3) is 0 Å². The van der Waals surface area contributed by atoms with Gasteiger partial charge in [-0.2, -0.15) is 0 Å². The van der Waals surface area contributed by atoms with Gasteiger partial charge in [0.25, 0.3) is 0 Å². The van der Waals surface area contributed by atoms with Crippen molar-refractivity contribution in [2.24, 2.45) is 5.73 Å². The van der Waals surface area contributed by atoms with Gasteiger partial charge in [-0.1, -0.05) is 18.2 Å².